The van der Waals surface area contributed by atoms with Gasteiger partial charge in [0.2, 0.25) is 0 Å². The van der Waals surface area contributed by atoms with Crippen LogP contribution in [0.2, 0.25) is 0 Å². The number of hydrogen-bond acceptors (Lipinski definition) is 1. The summed E-state index contributed by atoms with van der Waals surface area (Å²) in [7, 11) is 0. The molecular weight excluding hydrogens is 276 g/mol. The van der Waals surface area contributed by atoms with Crippen LogP contribution in [-0.2, 0) is 4.74 Å². The molecule has 2 heteroatoms. The maximum Gasteiger partial charge on any atom is 0.0580 e. The van der Waals surface area contributed by atoms with Gasteiger partial charge >= 0.3 is 0 Å². The van der Waals surface area contributed by atoms with Crippen LogP contribution in [0.25, 0.3) is 0 Å². The fourth-order valence-corrected chi connectivity index (χ4v) is 3.28. The van der Waals surface area contributed by atoms with E-state index in [9.17, 15) is 0 Å². The number of rotatable bonds is 5. The molecule has 0 bridgehead atoms. The van der Waals surface area contributed by atoms with E-state index in [1.165, 1.54) is 30.4 Å². The van der Waals surface area contributed by atoms with Crippen LogP contribution in [0.4, 0.5) is 0 Å². The van der Waals surface area contributed by atoms with Gasteiger partial charge in [0.05, 0.1) is 6.10 Å². The first kappa shape index (κ1) is 13.1. The average molecular weight is 297 g/mol. The third-order valence-corrected chi connectivity index (χ3v) is 4.48. The molecule has 1 saturated carbocycles. The van der Waals surface area contributed by atoms with E-state index in [2.05, 4.69) is 54.0 Å². The van der Waals surface area contributed by atoms with Crippen molar-refractivity contribution in [1.29, 1.82) is 0 Å². The van der Waals surface area contributed by atoms with Gasteiger partial charge in [0.25, 0.3) is 0 Å². The molecule has 1 fully saturated rings. The maximum absolute atomic E-state index is 5.60. The van der Waals surface area contributed by atoms with Gasteiger partial charge in [0.1, 0.15) is 0 Å². The molecule has 1 nitrogen and oxygen atoms in total. The Morgan fingerprint density at radius 3 is 2.53 bits per heavy atom. The Bertz CT molecular complexity index is 340. The number of ether oxygens (including phenoxy) is 1. The van der Waals surface area contributed by atoms with Gasteiger partial charge in [-0.3, -0.25) is 0 Å². The molecule has 1 atom stereocenters. The predicted molar refractivity (Wildman–Crippen MR) is 75.6 cm³/mol. The summed E-state index contributed by atoms with van der Waals surface area (Å²) < 4.78 is 5.60. The fraction of sp³-hybridized carbons (Fsp3) is 0.600. The van der Waals surface area contributed by atoms with E-state index in [-0.39, 0.29) is 0 Å². The first-order valence-electron chi connectivity index (χ1n) is 6.51. The second-order valence-electron chi connectivity index (χ2n) is 5.03. The number of aryl methyl sites for hydroxylation is 1. The van der Waals surface area contributed by atoms with Gasteiger partial charge in [-0.15, -0.1) is 0 Å². The van der Waals surface area contributed by atoms with Gasteiger partial charge in [-0.2, -0.15) is 0 Å². The van der Waals surface area contributed by atoms with Crippen molar-refractivity contribution in [2.75, 3.05) is 6.61 Å². The summed E-state index contributed by atoms with van der Waals surface area (Å²) >= 11 is 3.80. The molecule has 0 spiro atoms. The van der Waals surface area contributed by atoms with Crippen LogP contribution in [0.1, 0.15) is 42.1 Å². The molecule has 0 N–H and O–H groups in total. The lowest BCUT2D eigenvalue weighted by atomic mass is 9.78. The quantitative estimate of drug-likeness (QED) is 0.720. The lowest BCUT2D eigenvalue weighted by Crippen LogP contribution is -2.31. The van der Waals surface area contributed by atoms with Crippen LogP contribution in [0, 0.1) is 12.8 Å². The van der Waals surface area contributed by atoms with E-state index < -0.39 is 0 Å². The normalized spacial score (nSPS) is 25.4. The highest BCUT2D eigenvalue weighted by Gasteiger charge is 2.31. The molecule has 0 saturated heterocycles. The van der Waals surface area contributed by atoms with Gasteiger partial charge in [-0.1, -0.05) is 45.8 Å². The molecule has 0 amide bonds. The summed E-state index contributed by atoms with van der Waals surface area (Å²) in [4.78, 5) is 0.496. The molecule has 17 heavy (non-hydrogen) atoms. The van der Waals surface area contributed by atoms with Gasteiger partial charge in [-0.05, 0) is 44.6 Å². The van der Waals surface area contributed by atoms with E-state index in [1.807, 2.05) is 0 Å². The van der Waals surface area contributed by atoms with Crippen molar-refractivity contribution in [3.05, 3.63) is 35.4 Å². The van der Waals surface area contributed by atoms with Crippen molar-refractivity contribution in [3.8, 4) is 0 Å². The van der Waals surface area contributed by atoms with Gasteiger partial charge in [0.15, 0.2) is 0 Å². The number of benzene rings is 1. The third kappa shape index (κ3) is 3.56. The van der Waals surface area contributed by atoms with Crippen LogP contribution < -0.4 is 0 Å². The zero-order valence-corrected chi connectivity index (χ0v) is 12.2. The molecule has 0 radical (unpaired) electrons. The molecule has 94 valence electrons. The Hall–Kier alpha value is -0.340. The second kappa shape index (κ2) is 6.01. The standard InChI is InChI=1S/C15H21BrO/c1-3-17-14-8-12(9-14)10-15(16)13-6-4-11(2)5-7-13/h4-7,12,14-15H,3,8-10H2,1-2H3. The number of hydrogen-bond donors (Lipinski definition) is 0. The number of halogens is 1. The largest absolute Gasteiger partial charge is 0.378 e. The van der Waals surface area contributed by atoms with E-state index in [4.69, 9.17) is 4.74 Å². The Labute approximate surface area is 113 Å². The summed E-state index contributed by atoms with van der Waals surface area (Å²) in [6.45, 7) is 5.06. The Balaban J connectivity index is 1.78. The zero-order chi connectivity index (χ0) is 12.3. The molecule has 1 aliphatic carbocycles. The fourth-order valence-electron chi connectivity index (χ4n) is 2.44. The minimum Gasteiger partial charge on any atom is -0.378 e. The van der Waals surface area contributed by atoms with Crippen molar-refractivity contribution >= 4 is 15.9 Å². The highest BCUT2D eigenvalue weighted by molar-refractivity contribution is 9.09. The van der Waals surface area contributed by atoms with Crippen molar-refractivity contribution in [2.24, 2.45) is 5.92 Å². The molecule has 1 aromatic carbocycles. The van der Waals surface area contributed by atoms with Crippen molar-refractivity contribution in [2.45, 2.75) is 44.0 Å². The molecule has 0 aromatic heterocycles. The van der Waals surface area contributed by atoms with Crippen LogP contribution in [0.5, 0.6) is 0 Å². The second-order valence-corrected chi connectivity index (χ2v) is 6.13. The zero-order valence-electron chi connectivity index (χ0n) is 10.7. The van der Waals surface area contributed by atoms with Crippen molar-refractivity contribution in [3.63, 3.8) is 0 Å². The first-order chi connectivity index (χ1) is 8.19. The maximum atomic E-state index is 5.60. The minimum atomic E-state index is 0.496. The first-order valence-corrected chi connectivity index (χ1v) is 7.42. The van der Waals surface area contributed by atoms with Crippen LogP contribution >= 0.6 is 15.9 Å². The highest BCUT2D eigenvalue weighted by Crippen LogP contribution is 2.40. The summed E-state index contributed by atoms with van der Waals surface area (Å²) in [5.74, 6) is 0.831. The average Bonchev–Trinajstić information content (AvgIpc) is 2.27. The summed E-state index contributed by atoms with van der Waals surface area (Å²) in [6, 6.07) is 8.83. The van der Waals surface area contributed by atoms with Crippen LogP contribution in [-0.4, -0.2) is 12.7 Å². The van der Waals surface area contributed by atoms with Gasteiger partial charge in [-0.25, -0.2) is 0 Å². The van der Waals surface area contributed by atoms with Crippen LogP contribution in [0.15, 0.2) is 24.3 Å². The lowest BCUT2D eigenvalue weighted by molar-refractivity contribution is -0.0264. The Morgan fingerprint density at radius 2 is 1.94 bits per heavy atom. The monoisotopic (exact) mass is 296 g/mol. The molecule has 1 unspecified atom stereocenters. The van der Waals surface area contributed by atoms with Crippen molar-refractivity contribution < 1.29 is 4.74 Å². The van der Waals surface area contributed by atoms with Crippen LogP contribution in [0.3, 0.4) is 0 Å². The Kier molecular flexibility index (Phi) is 4.63. The smallest absolute Gasteiger partial charge is 0.0580 e. The number of alkyl halides is 1. The molecule has 0 aliphatic heterocycles. The van der Waals surface area contributed by atoms with E-state index in [1.54, 1.807) is 0 Å². The third-order valence-electron chi connectivity index (χ3n) is 3.57. The summed E-state index contributed by atoms with van der Waals surface area (Å²) in [6.07, 6.45) is 4.23. The molecule has 1 aromatic rings. The SMILES string of the molecule is CCOC1CC(CC(Br)c2ccc(C)cc2)C1. The summed E-state index contributed by atoms with van der Waals surface area (Å²) in [5, 5.41) is 0. The molecule has 0 heterocycles. The molecule has 2 rings (SSSR count). The molecule has 1 aliphatic rings. The van der Waals surface area contributed by atoms with E-state index in [0.29, 0.717) is 10.9 Å². The highest BCUT2D eigenvalue weighted by atomic mass is 79.9. The predicted octanol–water partition coefficient (Wildman–Crippen LogP) is 4.64. The van der Waals surface area contributed by atoms with Gasteiger partial charge in [0, 0.05) is 11.4 Å². The minimum absolute atomic E-state index is 0.496. The topological polar surface area (TPSA) is 9.23 Å². The molecular formula is C15H21BrO. The van der Waals surface area contributed by atoms with E-state index >= 15 is 0 Å². The lowest BCUT2D eigenvalue weighted by Gasteiger charge is -2.36. The van der Waals surface area contributed by atoms with Gasteiger partial charge < -0.3 is 4.74 Å². The van der Waals surface area contributed by atoms with E-state index in [0.717, 1.165) is 12.5 Å². The summed E-state index contributed by atoms with van der Waals surface area (Å²) in [5.41, 5.74) is 2.73. The van der Waals surface area contributed by atoms with Crippen molar-refractivity contribution in [1.82, 2.24) is 0 Å². The Morgan fingerprint density at radius 1 is 1.29 bits per heavy atom.